The van der Waals surface area contributed by atoms with E-state index in [2.05, 4.69) is 20.8 Å². The molecule has 0 bridgehead atoms. The smallest absolute Gasteiger partial charge is 0.335 e. The number of thioether (sulfide) groups is 1. The molecular weight excluding hydrogens is 434 g/mol. The van der Waals surface area contributed by atoms with Gasteiger partial charge in [-0.3, -0.25) is 9.59 Å². The van der Waals surface area contributed by atoms with Crippen molar-refractivity contribution in [3.63, 3.8) is 0 Å². The highest BCUT2D eigenvalue weighted by molar-refractivity contribution is 7.99. The number of carboxylic acid groups (broad SMARTS) is 1. The number of amides is 2. The fourth-order valence-corrected chi connectivity index (χ4v) is 3.52. The van der Waals surface area contributed by atoms with E-state index in [0.717, 1.165) is 11.8 Å². The Bertz CT molecular complexity index is 1100. The van der Waals surface area contributed by atoms with Crippen LogP contribution in [0.2, 0.25) is 0 Å². The lowest BCUT2D eigenvalue weighted by atomic mass is 10.2. The molecule has 1 aromatic heterocycles. The number of rotatable bonds is 9. The van der Waals surface area contributed by atoms with Gasteiger partial charge in [-0.2, -0.15) is 0 Å². The van der Waals surface area contributed by atoms with Crippen LogP contribution in [0.1, 0.15) is 32.6 Å². The predicted octanol–water partition coefficient (Wildman–Crippen LogP) is 1.71. The number of hydrogen-bond donors (Lipinski definition) is 4. The van der Waals surface area contributed by atoms with Gasteiger partial charge in [0.2, 0.25) is 5.91 Å². The number of aliphatic hydroxyl groups is 1. The minimum atomic E-state index is -1.04. The maximum atomic E-state index is 12.4. The summed E-state index contributed by atoms with van der Waals surface area (Å²) < 4.78 is 1.60. The first-order valence-corrected chi connectivity index (χ1v) is 10.5. The van der Waals surface area contributed by atoms with Gasteiger partial charge in [0.25, 0.3) is 5.91 Å². The molecule has 2 aromatic carbocycles. The Hall–Kier alpha value is -3.70. The minimum Gasteiger partial charge on any atom is -0.478 e. The number of aromatic carboxylic acids is 1. The summed E-state index contributed by atoms with van der Waals surface area (Å²) >= 11 is 1.14. The van der Waals surface area contributed by atoms with Crippen LogP contribution in [0.5, 0.6) is 0 Å². The molecule has 0 radical (unpaired) electrons. The second kappa shape index (κ2) is 10.6. The molecular formula is C21H21N5O5S. The minimum absolute atomic E-state index is 0.0345. The first-order valence-electron chi connectivity index (χ1n) is 9.51. The van der Waals surface area contributed by atoms with E-state index >= 15 is 0 Å². The quantitative estimate of drug-likeness (QED) is 0.357. The first kappa shape index (κ1) is 23.0. The Morgan fingerprint density at radius 2 is 1.72 bits per heavy atom. The number of aliphatic hydroxyl groups excluding tert-OH is 1. The van der Waals surface area contributed by atoms with Crippen LogP contribution >= 0.6 is 11.8 Å². The summed E-state index contributed by atoms with van der Waals surface area (Å²) in [5.41, 5.74) is 1.06. The predicted molar refractivity (Wildman–Crippen MR) is 117 cm³/mol. The second-order valence-electron chi connectivity index (χ2n) is 6.69. The van der Waals surface area contributed by atoms with Crippen LogP contribution in [-0.2, 0) is 11.8 Å². The van der Waals surface area contributed by atoms with Crippen LogP contribution < -0.4 is 10.6 Å². The molecule has 4 N–H and O–H groups in total. The number of nitrogens with zero attached hydrogens (tertiary/aromatic N) is 3. The Labute approximate surface area is 187 Å². The van der Waals surface area contributed by atoms with Crippen molar-refractivity contribution in [2.75, 3.05) is 17.7 Å². The van der Waals surface area contributed by atoms with Crippen LogP contribution in [0.15, 0.2) is 59.8 Å². The van der Waals surface area contributed by atoms with E-state index < -0.39 is 12.0 Å². The van der Waals surface area contributed by atoms with E-state index in [1.165, 1.54) is 24.3 Å². The highest BCUT2D eigenvalue weighted by Crippen LogP contribution is 2.20. The zero-order chi connectivity index (χ0) is 23.1. The highest BCUT2D eigenvalue weighted by atomic mass is 32.2. The van der Waals surface area contributed by atoms with Crippen molar-refractivity contribution in [3.8, 4) is 0 Å². The van der Waals surface area contributed by atoms with Gasteiger partial charge in [0, 0.05) is 18.3 Å². The molecule has 0 saturated heterocycles. The lowest BCUT2D eigenvalue weighted by Gasteiger charge is -2.16. The molecule has 1 unspecified atom stereocenters. The van der Waals surface area contributed by atoms with Gasteiger partial charge in [-0.1, -0.05) is 30.0 Å². The lowest BCUT2D eigenvalue weighted by Crippen LogP contribution is -2.32. The van der Waals surface area contributed by atoms with Crippen molar-refractivity contribution in [1.29, 1.82) is 0 Å². The molecule has 1 atom stereocenters. The molecule has 3 aromatic rings. The highest BCUT2D eigenvalue weighted by Gasteiger charge is 2.22. The van der Waals surface area contributed by atoms with Crippen LogP contribution in [0, 0.1) is 0 Å². The number of hydrogen-bond acceptors (Lipinski definition) is 7. The fourth-order valence-electron chi connectivity index (χ4n) is 2.80. The van der Waals surface area contributed by atoms with Gasteiger partial charge >= 0.3 is 5.97 Å². The van der Waals surface area contributed by atoms with Gasteiger partial charge in [-0.05, 0) is 36.4 Å². The number of aromatic nitrogens is 3. The van der Waals surface area contributed by atoms with Gasteiger partial charge in [0.15, 0.2) is 11.0 Å². The Kier molecular flexibility index (Phi) is 7.58. The number of carbonyl (C=O) groups is 3. The third-order valence-electron chi connectivity index (χ3n) is 4.45. The van der Waals surface area contributed by atoms with Gasteiger partial charge < -0.3 is 25.4 Å². The number of carbonyl (C=O) groups excluding carboxylic acids is 2. The molecule has 0 spiro atoms. The summed E-state index contributed by atoms with van der Waals surface area (Å²) in [7, 11) is 1.68. The van der Waals surface area contributed by atoms with Crippen molar-refractivity contribution >= 4 is 35.2 Å². The van der Waals surface area contributed by atoms with Crippen LogP contribution in [0.25, 0.3) is 0 Å². The summed E-state index contributed by atoms with van der Waals surface area (Å²) in [6, 6.07) is 13.7. The lowest BCUT2D eigenvalue weighted by molar-refractivity contribution is -0.113. The van der Waals surface area contributed by atoms with Crippen LogP contribution in [0.3, 0.4) is 0 Å². The molecule has 0 fully saturated rings. The van der Waals surface area contributed by atoms with Gasteiger partial charge in [-0.15, -0.1) is 10.2 Å². The molecule has 0 aliphatic heterocycles. The molecule has 0 aliphatic carbocycles. The Morgan fingerprint density at radius 3 is 2.34 bits per heavy atom. The SMILES string of the molecule is Cn1c(SCC(=O)Nc2ccc(C(=O)O)cc2)nnc1C(CO)NC(=O)c1ccccc1. The van der Waals surface area contributed by atoms with Gasteiger partial charge in [0.1, 0.15) is 6.04 Å². The summed E-state index contributed by atoms with van der Waals surface area (Å²) in [5.74, 6) is -1.32. The van der Waals surface area contributed by atoms with E-state index in [0.29, 0.717) is 22.2 Å². The number of nitrogens with one attached hydrogen (secondary N) is 2. The van der Waals surface area contributed by atoms with E-state index in [-0.39, 0.29) is 29.7 Å². The molecule has 0 saturated carbocycles. The van der Waals surface area contributed by atoms with Crippen molar-refractivity contribution in [2.45, 2.75) is 11.2 Å². The Balaban J connectivity index is 1.59. The van der Waals surface area contributed by atoms with E-state index in [9.17, 15) is 19.5 Å². The number of carboxylic acids is 1. The number of benzene rings is 2. The zero-order valence-electron chi connectivity index (χ0n) is 17.1. The van der Waals surface area contributed by atoms with Crippen molar-refractivity contribution in [2.24, 2.45) is 7.05 Å². The number of anilines is 1. The summed E-state index contributed by atoms with van der Waals surface area (Å²) in [4.78, 5) is 35.5. The molecule has 0 aliphatic rings. The van der Waals surface area contributed by atoms with Gasteiger partial charge in [0.05, 0.1) is 17.9 Å². The molecule has 1 heterocycles. The molecule has 32 heavy (non-hydrogen) atoms. The second-order valence-corrected chi connectivity index (χ2v) is 7.64. The average molecular weight is 455 g/mol. The molecule has 11 heteroatoms. The van der Waals surface area contributed by atoms with E-state index in [4.69, 9.17) is 5.11 Å². The molecule has 166 valence electrons. The maximum absolute atomic E-state index is 12.4. The van der Waals surface area contributed by atoms with Crippen molar-refractivity contribution in [3.05, 3.63) is 71.5 Å². The average Bonchev–Trinajstić information content (AvgIpc) is 3.17. The van der Waals surface area contributed by atoms with Crippen molar-refractivity contribution < 1.29 is 24.6 Å². The molecule has 2 amide bonds. The maximum Gasteiger partial charge on any atom is 0.335 e. The first-order chi connectivity index (χ1) is 15.4. The summed E-state index contributed by atoms with van der Waals surface area (Å²) in [5, 5.41) is 32.6. The summed E-state index contributed by atoms with van der Waals surface area (Å²) in [6.45, 7) is -0.373. The third-order valence-corrected chi connectivity index (χ3v) is 5.47. The zero-order valence-corrected chi connectivity index (χ0v) is 17.9. The standard InChI is InChI=1S/C21H21N5O5S/c1-26-18(16(11-27)23-19(29)13-5-3-2-4-6-13)24-25-21(26)32-12-17(28)22-15-9-7-14(8-10-15)20(30)31/h2-10,16,27H,11-12H2,1H3,(H,22,28)(H,23,29)(H,30,31). The van der Waals surface area contributed by atoms with Crippen LogP contribution in [-0.4, -0.2) is 55.1 Å². The monoisotopic (exact) mass is 455 g/mol. The van der Waals surface area contributed by atoms with E-state index in [1.807, 2.05) is 0 Å². The normalized spacial score (nSPS) is 11.6. The molecule has 10 nitrogen and oxygen atoms in total. The summed E-state index contributed by atoms with van der Waals surface area (Å²) in [6.07, 6.45) is 0. The topological polar surface area (TPSA) is 146 Å². The third kappa shape index (κ3) is 5.71. The molecule has 3 rings (SSSR count). The van der Waals surface area contributed by atoms with Crippen LogP contribution in [0.4, 0.5) is 5.69 Å². The van der Waals surface area contributed by atoms with Gasteiger partial charge in [-0.25, -0.2) is 4.79 Å². The Morgan fingerprint density at radius 1 is 1.03 bits per heavy atom. The van der Waals surface area contributed by atoms with E-state index in [1.54, 1.807) is 41.9 Å². The van der Waals surface area contributed by atoms with Crippen molar-refractivity contribution in [1.82, 2.24) is 20.1 Å². The fraction of sp³-hybridized carbons (Fsp3) is 0.190. The largest absolute Gasteiger partial charge is 0.478 e.